The number of benzene rings is 2. The van der Waals surface area contributed by atoms with Gasteiger partial charge in [0, 0.05) is 22.7 Å². The number of fused-ring (bicyclic) bond motifs is 2. The lowest BCUT2D eigenvalue weighted by Crippen LogP contribution is -2.33. The SMILES string of the molecule is COc1ncccc1-c1ccc2nnc(CNC(=O)c3ccc4c(c3)[C@](C)(C#N)COC4)cc2c1. The van der Waals surface area contributed by atoms with E-state index in [1.807, 2.05) is 49.4 Å². The van der Waals surface area contributed by atoms with Crippen molar-refractivity contribution in [2.24, 2.45) is 0 Å². The lowest BCUT2D eigenvalue weighted by Gasteiger charge is -2.30. The molecule has 2 aromatic heterocycles. The molecule has 0 saturated carbocycles. The van der Waals surface area contributed by atoms with Gasteiger partial charge in [-0.3, -0.25) is 4.79 Å². The number of carbonyl (C=O) groups is 1. The monoisotopic (exact) mass is 465 g/mol. The zero-order chi connectivity index (χ0) is 24.4. The molecular weight excluding hydrogens is 442 g/mol. The first-order valence-corrected chi connectivity index (χ1v) is 11.2. The lowest BCUT2D eigenvalue weighted by atomic mass is 9.79. The fraction of sp³-hybridized carbons (Fsp3) is 0.222. The fourth-order valence-corrected chi connectivity index (χ4v) is 4.28. The highest BCUT2D eigenvalue weighted by atomic mass is 16.5. The van der Waals surface area contributed by atoms with Crippen LogP contribution in [-0.4, -0.2) is 34.8 Å². The summed E-state index contributed by atoms with van der Waals surface area (Å²) in [6.07, 6.45) is 1.69. The Morgan fingerprint density at radius 3 is 2.91 bits per heavy atom. The van der Waals surface area contributed by atoms with Crippen LogP contribution in [0, 0.1) is 11.3 Å². The van der Waals surface area contributed by atoms with E-state index in [1.165, 1.54) is 0 Å². The second kappa shape index (κ2) is 9.12. The second-order valence-electron chi connectivity index (χ2n) is 8.66. The predicted molar refractivity (Wildman–Crippen MR) is 130 cm³/mol. The number of ether oxygens (including phenoxy) is 2. The largest absolute Gasteiger partial charge is 0.481 e. The number of pyridine rings is 1. The summed E-state index contributed by atoms with van der Waals surface area (Å²) in [5, 5.41) is 22.0. The number of carbonyl (C=O) groups excluding carboxylic acids is 1. The molecule has 0 unspecified atom stereocenters. The molecule has 3 heterocycles. The van der Waals surface area contributed by atoms with Crippen molar-refractivity contribution in [1.29, 1.82) is 5.26 Å². The number of amides is 1. The van der Waals surface area contributed by atoms with Crippen molar-refractivity contribution in [3.8, 4) is 23.1 Å². The Hall–Kier alpha value is -4.35. The number of nitrogens with zero attached hydrogens (tertiary/aromatic N) is 4. The number of hydrogen-bond donors (Lipinski definition) is 1. The van der Waals surface area contributed by atoms with E-state index in [-0.39, 0.29) is 12.5 Å². The molecule has 1 amide bonds. The van der Waals surface area contributed by atoms with Crippen molar-refractivity contribution < 1.29 is 14.3 Å². The molecular formula is C27H23N5O3. The Kier molecular flexibility index (Phi) is 5.85. The van der Waals surface area contributed by atoms with Gasteiger partial charge in [-0.15, -0.1) is 0 Å². The van der Waals surface area contributed by atoms with Gasteiger partial charge in [-0.1, -0.05) is 12.1 Å². The molecule has 1 aliphatic heterocycles. The number of hydrogen-bond acceptors (Lipinski definition) is 7. The maximum Gasteiger partial charge on any atom is 0.251 e. The molecule has 0 spiro atoms. The molecule has 4 aromatic rings. The lowest BCUT2D eigenvalue weighted by molar-refractivity contribution is 0.0757. The summed E-state index contributed by atoms with van der Waals surface area (Å²) in [7, 11) is 1.59. The Bertz CT molecular complexity index is 1480. The minimum absolute atomic E-state index is 0.220. The summed E-state index contributed by atoms with van der Waals surface area (Å²) in [4.78, 5) is 17.1. The molecule has 0 saturated heterocycles. The van der Waals surface area contributed by atoms with Gasteiger partial charge in [-0.2, -0.15) is 15.5 Å². The first-order chi connectivity index (χ1) is 17.0. The van der Waals surface area contributed by atoms with E-state index in [0.29, 0.717) is 30.4 Å². The van der Waals surface area contributed by atoms with Crippen LogP contribution in [-0.2, 0) is 23.3 Å². The predicted octanol–water partition coefficient (Wildman–Crippen LogP) is 3.94. The summed E-state index contributed by atoms with van der Waals surface area (Å²) < 4.78 is 10.9. The summed E-state index contributed by atoms with van der Waals surface area (Å²) in [6.45, 7) is 2.79. The van der Waals surface area contributed by atoms with Crippen LogP contribution in [0.25, 0.3) is 22.0 Å². The summed E-state index contributed by atoms with van der Waals surface area (Å²) in [5.41, 5.74) is 4.69. The molecule has 174 valence electrons. The van der Waals surface area contributed by atoms with Gasteiger partial charge in [-0.05, 0) is 66.1 Å². The van der Waals surface area contributed by atoms with Crippen molar-refractivity contribution in [2.45, 2.75) is 25.5 Å². The molecule has 1 N–H and O–H groups in total. The molecule has 5 rings (SSSR count). The molecule has 1 aliphatic rings. The van der Waals surface area contributed by atoms with Crippen LogP contribution in [0.3, 0.4) is 0 Å². The van der Waals surface area contributed by atoms with E-state index < -0.39 is 5.41 Å². The highest BCUT2D eigenvalue weighted by Crippen LogP contribution is 2.33. The second-order valence-corrected chi connectivity index (χ2v) is 8.66. The molecule has 0 radical (unpaired) electrons. The molecule has 0 bridgehead atoms. The Morgan fingerprint density at radius 2 is 2.09 bits per heavy atom. The van der Waals surface area contributed by atoms with Crippen LogP contribution in [0.2, 0.25) is 0 Å². The van der Waals surface area contributed by atoms with Gasteiger partial charge in [0.05, 0.1) is 44.1 Å². The molecule has 8 heteroatoms. The van der Waals surface area contributed by atoms with Crippen LogP contribution in [0.4, 0.5) is 0 Å². The smallest absolute Gasteiger partial charge is 0.251 e. The first kappa shape index (κ1) is 22.4. The number of nitriles is 1. The van der Waals surface area contributed by atoms with Crippen molar-refractivity contribution in [3.63, 3.8) is 0 Å². The van der Waals surface area contributed by atoms with Gasteiger partial charge in [0.2, 0.25) is 5.88 Å². The zero-order valence-corrected chi connectivity index (χ0v) is 19.4. The number of aromatic nitrogens is 3. The molecule has 2 aromatic carbocycles. The maximum atomic E-state index is 12.9. The quantitative estimate of drug-likeness (QED) is 0.475. The van der Waals surface area contributed by atoms with E-state index in [1.54, 1.807) is 25.4 Å². The molecule has 8 nitrogen and oxygen atoms in total. The summed E-state index contributed by atoms with van der Waals surface area (Å²) >= 11 is 0. The maximum absolute atomic E-state index is 12.9. The van der Waals surface area contributed by atoms with Gasteiger partial charge in [0.15, 0.2) is 0 Å². The average Bonchev–Trinajstić information content (AvgIpc) is 2.91. The van der Waals surface area contributed by atoms with E-state index in [0.717, 1.165) is 33.2 Å². The summed E-state index contributed by atoms with van der Waals surface area (Å²) in [5.74, 6) is 0.306. The van der Waals surface area contributed by atoms with Crippen molar-refractivity contribution in [2.75, 3.05) is 13.7 Å². The van der Waals surface area contributed by atoms with E-state index in [9.17, 15) is 10.1 Å². The Labute approximate surface area is 202 Å². The highest BCUT2D eigenvalue weighted by molar-refractivity contribution is 5.94. The van der Waals surface area contributed by atoms with Crippen LogP contribution >= 0.6 is 0 Å². The normalized spacial score (nSPS) is 16.8. The minimum atomic E-state index is -0.775. The van der Waals surface area contributed by atoms with Crippen LogP contribution < -0.4 is 10.1 Å². The highest BCUT2D eigenvalue weighted by Gasteiger charge is 2.33. The van der Waals surface area contributed by atoms with Gasteiger partial charge in [-0.25, -0.2) is 4.98 Å². The van der Waals surface area contributed by atoms with Gasteiger partial charge in [0.1, 0.15) is 5.41 Å². The van der Waals surface area contributed by atoms with E-state index in [4.69, 9.17) is 9.47 Å². The Morgan fingerprint density at radius 1 is 1.20 bits per heavy atom. The zero-order valence-electron chi connectivity index (χ0n) is 19.4. The molecule has 35 heavy (non-hydrogen) atoms. The number of rotatable bonds is 5. The third kappa shape index (κ3) is 4.29. The minimum Gasteiger partial charge on any atom is -0.481 e. The number of nitrogens with one attached hydrogen (secondary N) is 1. The van der Waals surface area contributed by atoms with Crippen LogP contribution in [0.1, 0.15) is 34.1 Å². The average molecular weight is 466 g/mol. The van der Waals surface area contributed by atoms with Crippen LogP contribution in [0.15, 0.2) is 60.8 Å². The van der Waals surface area contributed by atoms with Crippen molar-refractivity contribution in [3.05, 3.63) is 83.2 Å². The van der Waals surface area contributed by atoms with Crippen molar-refractivity contribution in [1.82, 2.24) is 20.5 Å². The first-order valence-electron chi connectivity index (χ1n) is 11.2. The third-order valence-electron chi connectivity index (χ3n) is 6.20. The third-order valence-corrected chi connectivity index (χ3v) is 6.20. The van der Waals surface area contributed by atoms with E-state index >= 15 is 0 Å². The fourth-order valence-electron chi connectivity index (χ4n) is 4.28. The van der Waals surface area contributed by atoms with Gasteiger partial charge in [0.25, 0.3) is 5.91 Å². The van der Waals surface area contributed by atoms with Crippen LogP contribution in [0.5, 0.6) is 5.88 Å². The van der Waals surface area contributed by atoms with Crippen molar-refractivity contribution >= 4 is 16.8 Å². The topological polar surface area (TPSA) is 110 Å². The Balaban J connectivity index is 1.36. The molecule has 0 aliphatic carbocycles. The summed E-state index contributed by atoms with van der Waals surface area (Å²) in [6, 6.07) is 19.3. The molecule has 0 fully saturated rings. The van der Waals surface area contributed by atoms with E-state index in [2.05, 4.69) is 26.6 Å². The number of methoxy groups -OCH3 is 1. The molecule has 1 atom stereocenters. The van der Waals surface area contributed by atoms with Gasteiger partial charge >= 0.3 is 0 Å². The van der Waals surface area contributed by atoms with Gasteiger partial charge < -0.3 is 14.8 Å². The standard InChI is InChI=1S/C27H23N5O3/c1-27(15-28)16-35-14-19-6-5-18(12-23(19)27)25(33)30-13-21-11-20-10-17(7-8-24(20)32-31-21)22-4-3-9-29-26(22)34-2/h3-12H,13-14,16H2,1-2H3,(H,30,33)/t27-/m1/s1.